The zero-order chi connectivity index (χ0) is 15.3. The van der Waals surface area contributed by atoms with Crippen molar-refractivity contribution < 1.29 is 27.4 Å². The van der Waals surface area contributed by atoms with Crippen LogP contribution in [0.15, 0.2) is 17.0 Å². The van der Waals surface area contributed by atoms with Gasteiger partial charge in [-0.2, -0.15) is 0 Å². The first-order valence-electron chi connectivity index (χ1n) is 5.73. The van der Waals surface area contributed by atoms with Crippen molar-refractivity contribution in [3.05, 3.63) is 17.7 Å². The van der Waals surface area contributed by atoms with Crippen molar-refractivity contribution in [3.8, 4) is 11.5 Å². The van der Waals surface area contributed by atoms with Crippen molar-refractivity contribution in [3.63, 3.8) is 0 Å². The van der Waals surface area contributed by atoms with Crippen molar-refractivity contribution in [2.75, 3.05) is 20.8 Å². The lowest BCUT2D eigenvalue weighted by atomic mass is 10.1. The molecule has 0 fully saturated rings. The molecule has 20 heavy (non-hydrogen) atoms. The van der Waals surface area contributed by atoms with Gasteiger partial charge >= 0.3 is 5.97 Å². The molecule has 0 aromatic heterocycles. The molecule has 0 saturated heterocycles. The summed E-state index contributed by atoms with van der Waals surface area (Å²) in [4.78, 5) is 11.7. The molecule has 1 aromatic carbocycles. The summed E-state index contributed by atoms with van der Waals surface area (Å²) in [5, 5.41) is 0. The van der Waals surface area contributed by atoms with E-state index in [-0.39, 0.29) is 28.6 Å². The monoisotopic (exact) mass is 322 g/mol. The van der Waals surface area contributed by atoms with Crippen LogP contribution in [0.3, 0.4) is 0 Å². The van der Waals surface area contributed by atoms with E-state index in [4.69, 9.17) is 24.9 Å². The summed E-state index contributed by atoms with van der Waals surface area (Å²) in [5.41, 5.74) is -0.106. The molecule has 0 aliphatic heterocycles. The van der Waals surface area contributed by atoms with Crippen LogP contribution < -0.4 is 9.47 Å². The van der Waals surface area contributed by atoms with Crippen LogP contribution >= 0.6 is 10.7 Å². The number of rotatable bonds is 6. The predicted octanol–water partition coefficient (Wildman–Crippen LogP) is 2.20. The molecule has 0 saturated carbocycles. The number of carbonyl (C=O) groups is 1. The minimum atomic E-state index is -4.06. The van der Waals surface area contributed by atoms with E-state index in [1.165, 1.54) is 26.4 Å². The number of halogens is 1. The average molecular weight is 323 g/mol. The predicted molar refractivity (Wildman–Crippen MR) is 73.2 cm³/mol. The van der Waals surface area contributed by atoms with Gasteiger partial charge in [-0.1, -0.05) is 6.92 Å². The average Bonchev–Trinajstić information content (AvgIpc) is 2.41. The smallest absolute Gasteiger partial charge is 0.345 e. The maximum atomic E-state index is 12.0. The fourth-order valence-corrected chi connectivity index (χ4v) is 2.57. The van der Waals surface area contributed by atoms with Gasteiger partial charge < -0.3 is 14.2 Å². The summed E-state index contributed by atoms with van der Waals surface area (Å²) in [6.07, 6.45) is 0.629. The zero-order valence-electron chi connectivity index (χ0n) is 11.3. The Hall–Kier alpha value is -1.47. The van der Waals surface area contributed by atoms with E-state index in [9.17, 15) is 13.2 Å². The van der Waals surface area contributed by atoms with Crippen LogP contribution in [0.2, 0.25) is 0 Å². The lowest BCUT2D eigenvalue weighted by molar-refractivity contribution is 0.0497. The molecule has 8 heteroatoms. The third-order valence-electron chi connectivity index (χ3n) is 2.41. The van der Waals surface area contributed by atoms with Crippen LogP contribution in [0.25, 0.3) is 0 Å². The molecule has 0 unspecified atom stereocenters. The third kappa shape index (κ3) is 3.55. The van der Waals surface area contributed by atoms with E-state index < -0.39 is 15.0 Å². The summed E-state index contributed by atoms with van der Waals surface area (Å²) in [5.74, 6) is -0.782. The standard InChI is InChI=1S/C12H15ClO6S/c1-4-7-19-12(14)10-8(17-2)5-6-9(11(10)18-3)20(13,15)16/h5-6H,4,7H2,1-3H3. The molecule has 112 valence electrons. The van der Waals surface area contributed by atoms with Gasteiger partial charge in [-0.25, -0.2) is 13.2 Å². The number of benzene rings is 1. The van der Waals surface area contributed by atoms with Gasteiger partial charge in [-0.15, -0.1) is 0 Å². The highest BCUT2D eigenvalue weighted by Crippen LogP contribution is 2.36. The van der Waals surface area contributed by atoms with Crippen LogP contribution in [0.4, 0.5) is 0 Å². The number of hydrogen-bond donors (Lipinski definition) is 0. The van der Waals surface area contributed by atoms with Gasteiger partial charge in [0.25, 0.3) is 9.05 Å². The Morgan fingerprint density at radius 1 is 1.25 bits per heavy atom. The third-order valence-corrected chi connectivity index (χ3v) is 3.76. The second-order valence-corrected chi connectivity index (χ2v) is 6.28. The van der Waals surface area contributed by atoms with E-state index in [2.05, 4.69) is 0 Å². The molecule has 0 aliphatic carbocycles. The highest BCUT2D eigenvalue weighted by atomic mass is 35.7. The molecule has 0 radical (unpaired) electrons. The molecule has 0 amide bonds. The molecule has 0 heterocycles. The molecular weight excluding hydrogens is 308 g/mol. The minimum Gasteiger partial charge on any atom is -0.496 e. The van der Waals surface area contributed by atoms with Crippen LogP contribution in [0, 0.1) is 0 Å². The van der Waals surface area contributed by atoms with Crippen molar-refractivity contribution >= 4 is 25.7 Å². The Morgan fingerprint density at radius 3 is 2.35 bits per heavy atom. The molecular formula is C12H15ClO6S. The first-order valence-corrected chi connectivity index (χ1v) is 8.04. The van der Waals surface area contributed by atoms with Crippen LogP contribution in [0.1, 0.15) is 23.7 Å². The number of esters is 1. The fourth-order valence-electron chi connectivity index (χ4n) is 1.57. The van der Waals surface area contributed by atoms with Crippen molar-refractivity contribution in [1.82, 2.24) is 0 Å². The van der Waals surface area contributed by atoms with Gasteiger partial charge in [-0.05, 0) is 18.6 Å². The summed E-state index contributed by atoms with van der Waals surface area (Å²) in [6, 6.07) is 2.52. The SMILES string of the molecule is CCCOC(=O)c1c(OC)ccc(S(=O)(=O)Cl)c1OC. The van der Waals surface area contributed by atoms with Crippen LogP contribution in [-0.4, -0.2) is 35.2 Å². The Balaban J connectivity index is 3.48. The Kier molecular flexibility index (Phi) is 5.64. The van der Waals surface area contributed by atoms with Crippen LogP contribution in [0.5, 0.6) is 11.5 Å². The van der Waals surface area contributed by atoms with Gasteiger partial charge in [0.05, 0.1) is 20.8 Å². The van der Waals surface area contributed by atoms with E-state index in [0.717, 1.165) is 0 Å². The number of methoxy groups -OCH3 is 2. The fraction of sp³-hybridized carbons (Fsp3) is 0.417. The topological polar surface area (TPSA) is 78.9 Å². The summed E-state index contributed by atoms with van der Waals surface area (Å²) in [7, 11) is 3.84. The van der Waals surface area contributed by atoms with Crippen molar-refractivity contribution in [2.24, 2.45) is 0 Å². The summed E-state index contributed by atoms with van der Waals surface area (Å²) < 4.78 is 38.0. The van der Waals surface area contributed by atoms with Gasteiger partial charge in [0.1, 0.15) is 16.2 Å². The largest absolute Gasteiger partial charge is 0.496 e. The number of hydrogen-bond acceptors (Lipinski definition) is 6. The second-order valence-electron chi connectivity index (χ2n) is 3.75. The van der Waals surface area contributed by atoms with E-state index in [1.54, 1.807) is 0 Å². The molecule has 0 bridgehead atoms. The van der Waals surface area contributed by atoms with E-state index >= 15 is 0 Å². The summed E-state index contributed by atoms with van der Waals surface area (Å²) in [6.45, 7) is 2.03. The molecule has 6 nitrogen and oxygen atoms in total. The highest BCUT2D eigenvalue weighted by molar-refractivity contribution is 8.13. The second kappa shape index (κ2) is 6.81. The van der Waals surface area contributed by atoms with Gasteiger partial charge in [0.2, 0.25) is 0 Å². The van der Waals surface area contributed by atoms with Crippen molar-refractivity contribution in [1.29, 1.82) is 0 Å². The van der Waals surface area contributed by atoms with Gasteiger partial charge in [0.15, 0.2) is 5.75 Å². The first kappa shape index (κ1) is 16.6. The maximum Gasteiger partial charge on any atom is 0.345 e. The zero-order valence-corrected chi connectivity index (χ0v) is 12.9. The first-order chi connectivity index (χ1) is 9.36. The van der Waals surface area contributed by atoms with E-state index in [1.807, 2.05) is 6.92 Å². The minimum absolute atomic E-state index is 0.106. The molecule has 0 N–H and O–H groups in total. The van der Waals surface area contributed by atoms with E-state index in [0.29, 0.717) is 6.42 Å². The highest BCUT2D eigenvalue weighted by Gasteiger charge is 2.27. The maximum absolute atomic E-state index is 12.0. The normalized spacial score (nSPS) is 11.0. The van der Waals surface area contributed by atoms with Gasteiger partial charge in [-0.3, -0.25) is 0 Å². The molecule has 0 atom stereocenters. The quantitative estimate of drug-likeness (QED) is 0.590. The lowest BCUT2D eigenvalue weighted by Gasteiger charge is -2.14. The number of ether oxygens (including phenoxy) is 3. The molecule has 1 aromatic rings. The lowest BCUT2D eigenvalue weighted by Crippen LogP contribution is -2.11. The van der Waals surface area contributed by atoms with Crippen molar-refractivity contribution in [2.45, 2.75) is 18.2 Å². The Morgan fingerprint density at radius 2 is 1.90 bits per heavy atom. The molecule has 0 spiro atoms. The Bertz CT molecular complexity index is 596. The molecule has 1 rings (SSSR count). The van der Waals surface area contributed by atoms with Crippen LogP contribution in [-0.2, 0) is 13.8 Å². The molecule has 0 aliphatic rings. The number of carbonyl (C=O) groups excluding carboxylic acids is 1. The Labute approximate surface area is 122 Å². The summed E-state index contributed by atoms with van der Waals surface area (Å²) >= 11 is 0. The van der Waals surface area contributed by atoms with Gasteiger partial charge in [0, 0.05) is 10.7 Å².